The predicted octanol–water partition coefficient (Wildman–Crippen LogP) is 7.27. The van der Waals surface area contributed by atoms with Gasteiger partial charge in [-0.2, -0.15) is 0 Å². The Kier molecular flexibility index (Phi) is 6.74. The first-order chi connectivity index (χ1) is 15.5. The molecule has 0 bridgehead atoms. The van der Waals surface area contributed by atoms with Crippen molar-refractivity contribution in [3.05, 3.63) is 68.7 Å². The van der Waals surface area contributed by atoms with E-state index in [9.17, 15) is 9.59 Å². The summed E-state index contributed by atoms with van der Waals surface area (Å²) in [5.74, 6) is -0.614. The number of fused-ring (bicyclic) bond motifs is 1. The number of halogens is 3. The third kappa shape index (κ3) is 4.89. The molecule has 4 nitrogen and oxygen atoms in total. The summed E-state index contributed by atoms with van der Waals surface area (Å²) in [6.07, 6.45) is 5.95. The third-order valence-electron chi connectivity index (χ3n) is 6.72. The molecule has 1 aliphatic heterocycles. The molecule has 0 N–H and O–H groups in total. The number of hydrogen-bond donors (Lipinski definition) is 0. The summed E-state index contributed by atoms with van der Waals surface area (Å²) < 4.78 is 5.53. The van der Waals surface area contributed by atoms with Crippen LogP contribution in [0.25, 0.3) is 0 Å². The number of carbonyl (C=O) groups is 2. The fourth-order valence-corrected chi connectivity index (χ4v) is 6.14. The first-order valence-electron chi connectivity index (χ1n) is 11.2. The van der Waals surface area contributed by atoms with E-state index in [4.69, 9.17) is 39.5 Å². The van der Waals surface area contributed by atoms with Gasteiger partial charge in [-0.05, 0) is 75.6 Å². The quantitative estimate of drug-likeness (QED) is 0.394. The first-order valence-corrected chi connectivity index (χ1v) is 12.3. The van der Waals surface area contributed by atoms with Gasteiger partial charge in [0.25, 0.3) is 0 Å². The molecule has 33 heavy (non-hydrogen) atoms. The van der Waals surface area contributed by atoms with Gasteiger partial charge < -0.3 is 4.74 Å². The van der Waals surface area contributed by atoms with Crippen molar-refractivity contribution in [3.8, 4) is 0 Å². The molecule has 7 heteroatoms. The van der Waals surface area contributed by atoms with Crippen LogP contribution < -0.4 is 0 Å². The zero-order valence-corrected chi connectivity index (χ0v) is 21.4. The van der Waals surface area contributed by atoms with Gasteiger partial charge in [0.2, 0.25) is 5.91 Å². The summed E-state index contributed by atoms with van der Waals surface area (Å²) in [6, 6.07) is 7.77. The average molecular weight is 509 g/mol. The smallest absolute Gasteiger partial charge is 0.417 e. The number of ether oxygens (including phenoxy) is 1. The Labute approximate surface area is 210 Å². The summed E-state index contributed by atoms with van der Waals surface area (Å²) >= 11 is 19.1. The lowest BCUT2D eigenvalue weighted by Crippen LogP contribution is -2.38. The van der Waals surface area contributed by atoms with Crippen LogP contribution in [0.4, 0.5) is 4.79 Å². The van der Waals surface area contributed by atoms with E-state index in [1.165, 1.54) is 4.90 Å². The standard InChI is InChI=1S/C26H28Cl3NO3/c1-14-11-19-20(13-30(24(19)31)25(32)33-26(2,3)4)23(15-5-7-16(27)8-6-15)22(14)18-10-9-17(28)12-21(18)29/h5-9,11-12,18-20,22-23H,10,13H2,1-4H3/t18?,19-,20-,22-,23-/m1/s1. The van der Waals surface area contributed by atoms with Gasteiger partial charge in [0.05, 0.1) is 5.92 Å². The number of carbonyl (C=O) groups excluding carboxylic acids is 2. The number of imide groups is 1. The topological polar surface area (TPSA) is 46.6 Å². The van der Waals surface area contributed by atoms with Crippen LogP contribution in [0.1, 0.15) is 45.6 Å². The lowest BCUT2D eigenvalue weighted by Gasteiger charge is -2.42. The lowest BCUT2D eigenvalue weighted by atomic mass is 9.61. The second kappa shape index (κ2) is 9.13. The highest BCUT2D eigenvalue weighted by Gasteiger charge is 2.53. The fraction of sp³-hybridized carbons (Fsp3) is 0.462. The second-order valence-electron chi connectivity index (χ2n) is 10.1. The molecule has 176 valence electrons. The predicted molar refractivity (Wildman–Crippen MR) is 132 cm³/mol. The number of likely N-dealkylation sites (tertiary alicyclic amines) is 1. The molecule has 1 unspecified atom stereocenters. The first kappa shape index (κ1) is 24.4. The zero-order chi connectivity index (χ0) is 24.1. The zero-order valence-electron chi connectivity index (χ0n) is 19.1. The summed E-state index contributed by atoms with van der Waals surface area (Å²) in [7, 11) is 0. The molecule has 1 fully saturated rings. The Bertz CT molecular complexity index is 1050. The number of hydrogen-bond acceptors (Lipinski definition) is 3. The summed E-state index contributed by atoms with van der Waals surface area (Å²) in [4.78, 5) is 27.4. The lowest BCUT2D eigenvalue weighted by molar-refractivity contribution is -0.129. The van der Waals surface area contributed by atoms with E-state index in [1.807, 2.05) is 42.5 Å². The van der Waals surface area contributed by atoms with Crippen LogP contribution in [-0.2, 0) is 9.53 Å². The van der Waals surface area contributed by atoms with Gasteiger partial charge in [-0.1, -0.05) is 64.7 Å². The molecule has 0 aromatic heterocycles. The van der Waals surface area contributed by atoms with Crippen LogP contribution in [0.5, 0.6) is 0 Å². The molecule has 2 aliphatic carbocycles. The number of nitrogens with zero attached hydrogens (tertiary/aromatic N) is 1. The Hall–Kier alpha value is -1.75. The summed E-state index contributed by atoms with van der Waals surface area (Å²) in [5.41, 5.74) is 1.50. The third-order valence-corrected chi connectivity index (χ3v) is 7.63. The number of rotatable bonds is 2. The van der Waals surface area contributed by atoms with Gasteiger partial charge in [0, 0.05) is 27.5 Å². The number of allylic oxidation sites excluding steroid dienone is 5. The highest BCUT2D eigenvalue weighted by molar-refractivity contribution is 6.35. The van der Waals surface area contributed by atoms with Crippen LogP contribution in [0.2, 0.25) is 5.02 Å². The minimum absolute atomic E-state index is 0.0221. The molecule has 0 saturated carbocycles. The van der Waals surface area contributed by atoms with Gasteiger partial charge in [-0.25, -0.2) is 9.69 Å². The molecule has 5 atom stereocenters. The molecule has 1 aromatic carbocycles. The highest BCUT2D eigenvalue weighted by Crippen LogP contribution is 2.54. The van der Waals surface area contributed by atoms with Crippen molar-refractivity contribution in [2.24, 2.45) is 23.7 Å². The van der Waals surface area contributed by atoms with Crippen molar-refractivity contribution >= 4 is 46.8 Å². The van der Waals surface area contributed by atoms with Crippen LogP contribution in [0.3, 0.4) is 0 Å². The summed E-state index contributed by atoms with van der Waals surface area (Å²) in [5, 5.41) is 2.01. The van der Waals surface area contributed by atoms with E-state index in [-0.39, 0.29) is 35.5 Å². The average Bonchev–Trinajstić information content (AvgIpc) is 3.03. The minimum atomic E-state index is -0.680. The summed E-state index contributed by atoms with van der Waals surface area (Å²) in [6.45, 7) is 7.75. The Morgan fingerprint density at radius 2 is 1.76 bits per heavy atom. The number of amides is 2. The fourth-order valence-electron chi connectivity index (χ4n) is 5.41. The van der Waals surface area contributed by atoms with E-state index in [0.717, 1.165) is 17.6 Å². The Balaban J connectivity index is 1.75. The van der Waals surface area contributed by atoms with Gasteiger partial charge >= 0.3 is 6.09 Å². The molecule has 2 amide bonds. The minimum Gasteiger partial charge on any atom is -0.443 e. The molecule has 1 aromatic rings. The molecule has 0 radical (unpaired) electrons. The van der Waals surface area contributed by atoms with Crippen molar-refractivity contribution in [2.75, 3.05) is 6.54 Å². The molecule has 1 heterocycles. The van der Waals surface area contributed by atoms with Crippen molar-refractivity contribution < 1.29 is 14.3 Å². The van der Waals surface area contributed by atoms with E-state index in [0.29, 0.717) is 21.6 Å². The number of benzene rings is 1. The molecular weight excluding hydrogens is 481 g/mol. The van der Waals surface area contributed by atoms with Crippen molar-refractivity contribution in [1.82, 2.24) is 4.90 Å². The normalized spacial score (nSPS) is 29.8. The molecule has 0 spiro atoms. The molecule has 3 aliphatic rings. The van der Waals surface area contributed by atoms with Gasteiger partial charge in [-0.3, -0.25) is 4.79 Å². The van der Waals surface area contributed by atoms with Gasteiger partial charge in [0.15, 0.2) is 0 Å². The molecule has 4 rings (SSSR count). The van der Waals surface area contributed by atoms with E-state index in [2.05, 4.69) is 6.92 Å². The highest BCUT2D eigenvalue weighted by atomic mass is 35.5. The van der Waals surface area contributed by atoms with E-state index >= 15 is 0 Å². The largest absolute Gasteiger partial charge is 0.443 e. The van der Waals surface area contributed by atoms with Crippen LogP contribution >= 0.6 is 34.8 Å². The van der Waals surface area contributed by atoms with Crippen LogP contribution in [-0.4, -0.2) is 29.0 Å². The Morgan fingerprint density at radius 1 is 1.09 bits per heavy atom. The van der Waals surface area contributed by atoms with Crippen molar-refractivity contribution in [2.45, 2.75) is 45.6 Å². The second-order valence-corrected chi connectivity index (χ2v) is 11.4. The van der Waals surface area contributed by atoms with Gasteiger partial charge in [-0.15, -0.1) is 0 Å². The monoisotopic (exact) mass is 507 g/mol. The molecule has 1 saturated heterocycles. The van der Waals surface area contributed by atoms with E-state index < -0.39 is 11.7 Å². The SMILES string of the molecule is CC1=C[C@H]2C(=O)N(C(=O)OC(C)(C)C)C[C@H]2[C@@H](c2ccc(Cl)cc2)[C@H]1C1CC=C(Cl)C=C1Cl. The maximum atomic E-state index is 13.3. The van der Waals surface area contributed by atoms with E-state index in [1.54, 1.807) is 20.8 Å². The van der Waals surface area contributed by atoms with Crippen molar-refractivity contribution in [3.63, 3.8) is 0 Å². The van der Waals surface area contributed by atoms with Gasteiger partial charge in [0.1, 0.15) is 5.60 Å². The van der Waals surface area contributed by atoms with Crippen LogP contribution in [0, 0.1) is 23.7 Å². The maximum absolute atomic E-state index is 13.3. The van der Waals surface area contributed by atoms with Crippen LogP contribution in [0.15, 0.2) is 58.1 Å². The Morgan fingerprint density at radius 3 is 2.36 bits per heavy atom. The maximum Gasteiger partial charge on any atom is 0.417 e. The van der Waals surface area contributed by atoms with Crippen molar-refractivity contribution in [1.29, 1.82) is 0 Å². The molecular formula is C26H28Cl3NO3.